The van der Waals surface area contributed by atoms with Gasteiger partial charge >= 0.3 is 6.03 Å². The molecule has 1 aromatic heterocycles. The van der Waals surface area contributed by atoms with Crippen LogP contribution in [-0.2, 0) is 0 Å². The van der Waals surface area contributed by atoms with E-state index < -0.39 is 11.8 Å². The van der Waals surface area contributed by atoms with Gasteiger partial charge in [0.1, 0.15) is 11.6 Å². The third-order valence-corrected chi connectivity index (χ3v) is 4.63. The van der Waals surface area contributed by atoms with E-state index in [-0.39, 0.29) is 11.7 Å². The molecule has 7 heteroatoms. The van der Waals surface area contributed by atoms with Crippen molar-refractivity contribution in [3.63, 3.8) is 0 Å². The SMILES string of the molecule is CCOc1ccc(NC(=O)N(C)C(C)c2nc(C)sc2C)c(F)c1. The molecule has 0 bridgehead atoms. The van der Waals surface area contributed by atoms with E-state index in [4.69, 9.17) is 4.74 Å². The van der Waals surface area contributed by atoms with Crippen molar-refractivity contribution in [2.24, 2.45) is 0 Å². The highest BCUT2D eigenvalue weighted by molar-refractivity contribution is 7.11. The van der Waals surface area contributed by atoms with Crippen LogP contribution in [0.5, 0.6) is 5.75 Å². The predicted molar refractivity (Wildman–Crippen MR) is 94.4 cm³/mol. The number of aryl methyl sites for hydroxylation is 2. The molecule has 2 rings (SSSR count). The Morgan fingerprint density at radius 3 is 2.71 bits per heavy atom. The summed E-state index contributed by atoms with van der Waals surface area (Å²) in [5.41, 5.74) is 0.982. The fraction of sp³-hybridized carbons (Fsp3) is 0.412. The summed E-state index contributed by atoms with van der Waals surface area (Å²) in [6.07, 6.45) is 0. The Hall–Kier alpha value is -2.15. The fourth-order valence-corrected chi connectivity index (χ4v) is 3.26. The summed E-state index contributed by atoms with van der Waals surface area (Å²) in [4.78, 5) is 19.5. The Labute approximate surface area is 145 Å². The van der Waals surface area contributed by atoms with Crippen LogP contribution < -0.4 is 10.1 Å². The van der Waals surface area contributed by atoms with Gasteiger partial charge in [-0.3, -0.25) is 0 Å². The van der Waals surface area contributed by atoms with Gasteiger partial charge in [0, 0.05) is 18.0 Å². The molecule has 0 aliphatic carbocycles. The molecule has 2 amide bonds. The van der Waals surface area contributed by atoms with Gasteiger partial charge in [-0.25, -0.2) is 14.2 Å². The molecule has 1 N–H and O–H groups in total. The largest absolute Gasteiger partial charge is 0.494 e. The van der Waals surface area contributed by atoms with Gasteiger partial charge in [-0.15, -0.1) is 11.3 Å². The predicted octanol–water partition coefficient (Wildman–Crippen LogP) is 4.52. The first-order chi connectivity index (χ1) is 11.3. The molecular formula is C17H22FN3O2S. The molecule has 1 heterocycles. The molecule has 0 radical (unpaired) electrons. The molecule has 2 aromatic rings. The molecule has 130 valence electrons. The Morgan fingerprint density at radius 1 is 1.46 bits per heavy atom. The smallest absolute Gasteiger partial charge is 0.322 e. The summed E-state index contributed by atoms with van der Waals surface area (Å²) in [7, 11) is 1.67. The summed E-state index contributed by atoms with van der Waals surface area (Å²) in [6, 6.07) is 3.78. The zero-order valence-corrected chi connectivity index (χ0v) is 15.3. The number of nitrogens with one attached hydrogen (secondary N) is 1. The molecule has 1 unspecified atom stereocenters. The Kier molecular flexibility index (Phi) is 5.77. The molecule has 1 atom stereocenters. The molecule has 0 saturated heterocycles. The normalized spacial score (nSPS) is 11.9. The van der Waals surface area contributed by atoms with Crippen LogP contribution in [0.15, 0.2) is 18.2 Å². The van der Waals surface area contributed by atoms with Gasteiger partial charge in [-0.1, -0.05) is 0 Å². The number of rotatable bonds is 5. The topological polar surface area (TPSA) is 54.5 Å². The maximum absolute atomic E-state index is 14.1. The molecule has 0 fully saturated rings. The number of benzene rings is 1. The van der Waals surface area contributed by atoms with Crippen molar-refractivity contribution >= 4 is 23.1 Å². The molecule has 0 aliphatic rings. The number of hydrogen-bond donors (Lipinski definition) is 1. The van der Waals surface area contributed by atoms with Crippen LogP contribution in [0.2, 0.25) is 0 Å². The monoisotopic (exact) mass is 351 g/mol. The van der Waals surface area contributed by atoms with Crippen LogP contribution in [0.25, 0.3) is 0 Å². The molecular weight excluding hydrogens is 329 g/mol. The average Bonchev–Trinajstić information content (AvgIpc) is 2.87. The van der Waals surface area contributed by atoms with Gasteiger partial charge in [0.05, 0.1) is 29.0 Å². The summed E-state index contributed by atoms with van der Waals surface area (Å²) < 4.78 is 19.3. The van der Waals surface area contributed by atoms with Gasteiger partial charge in [-0.2, -0.15) is 0 Å². The number of urea groups is 1. The van der Waals surface area contributed by atoms with Crippen molar-refractivity contribution < 1.29 is 13.9 Å². The van der Waals surface area contributed by atoms with Gasteiger partial charge in [0.2, 0.25) is 0 Å². The second kappa shape index (κ2) is 7.61. The van der Waals surface area contributed by atoms with Crippen molar-refractivity contribution in [3.05, 3.63) is 39.6 Å². The summed E-state index contributed by atoms with van der Waals surface area (Å²) in [5, 5.41) is 3.55. The molecule has 5 nitrogen and oxygen atoms in total. The Balaban J connectivity index is 2.10. The Bertz CT molecular complexity index is 733. The molecule has 1 aromatic carbocycles. The molecule has 0 spiro atoms. The Morgan fingerprint density at radius 2 is 2.17 bits per heavy atom. The number of aromatic nitrogens is 1. The summed E-state index contributed by atoms with van der Waals surface area (Å²) in [5.74, 6) is -0.0978. The average molecular weight is 351 g/mol. The molecule has 0 saturated carbocycles. The number of carbonyl (C=O) groups is 1. The van der Waals surface area contributed by atoms with Crippen LogP contribution >= 0.6 is 11.3 Å². The summed E-state index contributed by atoms with van der Waals surface area (Å²) in [6.45, 7) is 8.09. The number of hydrogen-bond acceptors (Lipinski definition) is 4. The lowest BCUT2D eigenvalue weighted by Gasteiger charge is -2.24. The molecule has 0 aliphatic heterocycles. The number of ether oxygens (including phenoxy) is 1. The maximum atomic E-state index is 14.1. The van der Waals surface area contributed by atoms with Crippen LogP contribution in [0.4, 0.5) is 14.9 Å². The first-order valence-corrected chi connectivity index (χ1v) is 8.55. The first-order valence-electron chi connectivity index (χ1n) is 7.73. The van der Waals surface area contributed by atoms with E-state index >= 15 is 0 Å². The fourth-order valence-electron chi connectivity index (χ4n) is 2.35. The highest BCUT2D eigenvalue weighted by atomic mass is 32.1. The van der Waals surface area contributed by atoms with Crippen molar-refractivity contribution in [1.82, 2.24) is 9.88 Å². The zero-order valence-electron chi connectivity index (χ0n) is 14.5. The number of nitrogens with zero attached hydrogens (tertiary/aromatic N) is 2. The molecule has 24 heavy (non-hydrogen) atoms. The van der Waals surface area contributed by atoms with Crippen LogP contribution in [0.3, 0.4) is 0 Å². The number of halogens is 1. The lowest BCUT2D eigenvalue weighted by molar-refractivity contribution is 0.207. The van der Waals surface area contributed by atoms with E-state index in [1.807, 2.05) is 27.7 Å². The third-order valence-electron chi connectivity index (χ3n) is 3.73. The number of amides is 2. The van der Waals surface area contributed by atoms with Crippen molar-refractivity contribution in [3.8, 4) is 5.75 Å². The number of anilines is 1. The number of thiazole rings is 1. The second-order valence-corrected chi connectivity index (χ2v) is 6.87. The zero-order chi connectivity index (χ0) is 17.9. The maximum Gasteiger partial charge on any atom is 0.322 e. The third kappa shape index (κ3) is 4.03. The lowest BCUT2D eigenvalue weighted by Crippen LogP contribution is -2.34. The van der Waals surface area contributed by atoms with Gasteiger partial charge in [-0.05, 0) is 39.8 Å². The van der Waals surface area contributed by atoms with Crippen LogP contribution in [0.1, 0.15) is 35.5 Å². The first kappa shape index (κ1) is 18.2. The highest BCUT2D eigenvalue weighted by Gasteiger charge is 2.22. The minimum absolute atomic E-state index is 0.119. The van der Waals surface area contributed by atoms with Gasteiger partial charge in [0.25, 0.3) is 0 Å². The second-order valence-electron chi connectivity index (χ2n) is 5.47. The minimum Gasteiger partial charge on any atom is -0.494 e. The van der Waals surface area contributed by atoms with E-state index in [0.717, 1.165) is 15.6 Å². The quantitative estimate of drug-likeness (QED) is 0.861. The van der Waals surface area contributed by atoms with E-state index in [0.29, 0.717) is 12.4 Å². The van der Waals surface area contributed by atoms with Crippen LogP contribution in [0, 0.1) is 19.7 Å². The van der Waals surface area contributed by atoms with E-state index in [9.17, 15) is 9.18 Å². The van der Waals surface area contributed by atoms with Crippen molar-refractivity contribution in [2.75, 3.05) is 19.0 Å². The number of carbonyl (C=O) groups excluding carboxylic acids is 1. The van der Waals surface area contributed by atoms with Gasteiger partial charge < -0.3 is 15.0 Å². The van der Waals surface area contributed by atoms with E-state index in [1.165, 1.54) is 17.0 Å². The van der Waals surface area contributed by atoms with Crippen LogP contribution in [-0.4, -0.2) is 29.6 Å². The minimum atomic E-state index is -0.531. The van der Waals surface area contributed by atoms with Crippen molar-refractivity contribution in [2.45, 2.75) is 33.7 Å². The van der Waals surface area contributed by atoms with E-state index in [1.54, 1.807) is 24.5 Å². The van der Waals surface area contributed by atoms with Crippen molar-refractivity contribution in [1.29, 1.82) is 0 Å². The summed E-state index contributed by atoms with van der Waals surface area (Å²) >= 11 is 1.60. The van der Waals surface area contributed by atoms with Gasteiger partial charge in [0.15, 0.2) is 0 Å². The van der Waals surface area contributed by atoms with E-state index in [2.05, 4.69) is 10.3 Å². The standard InChI is InChI=1S/C17H22FN3O2S/c1-6-23-13-7-8-15(14(18)9-13)20-17(22)21(5)10(2)16-11(3)24-12(4)19-16/h7-10H,6H2,1-5H3,(H,20,22). The highest BCUT2D eigenvalue weighted by Crippen LogP contribution is 2.27. The lowest BCUT2D eigenvalue weighted by atomic mass is 10.2.